The number of esters is 1. The predicted molar refractivity (Wildman–Crippen MR) is 65.7 cm³/mol. The van der Waals surface area contributed by atoms with Crippen molar-refractivity contribution in [3.63, 3.8) is 0 Å². The third-order valence-electron chi connectivity index (χ3n) is 2.60. The molecule has 0 aromatic carbocycles. The molecule has 1 aliphatic heterocycles. The highest BCUT2D eigenvalue weighted by atomic mass is 16.5. The van der Waals surface area contributed by atoms with Crippen molar-refractivity contribution in [1.82, 2.24) is 10.2 Å². The van der Waals surface area contributed by atoms with Gasteiger partial charge in [0, 0.05) is 25.8 Å². The SMILES string of the molecule is COC(=O)CCN/C=C(/C#N)C(=O)N1CCOCC1. The molecule has 1 fully saturated rings. The number of hydrogen-bond donors (Lipinski definition) is 1. The van der Waals surface area contributed by atoms with Gasteiger partial charge < -0.3 is 19.7 Å². The summed E-state index contributed by atoms with van der Waals surface area (Å²) >= 11 is 0. The van der Waals surface area contributed by atoms with Gasteiger partial charge in [0.05, 0.1) is 26.7 Å². The van der Waals surface area contributed by atoms with E-state index >= 15 is 0 Å². The van der Waals surface area contributed by atoms with Crippen molar-refractivity contribution in [1.29, 1.82) is 5.26 Å². The third-order valence-corrected chi connectivity index (χ3v) is 2.60. The first-order valence-corrected chi connectivity index (χ1v) is 5.96. The highest BCUT2D eigenvalue weighted by Gasteiger charge is 2.20. The highest BCUT2D eigenvalue weighted by molar-refractivity contribution is 5.97. The lowest BCUT2D eigenvalue weighted by atomic mass is 10.2. The molecule has 1 aliphatic rings. The van der Waals surface area contributed by atoms with E-state index in [0.717, 1.165) is 0 Å². The molecule has 0 saturated carbocycles. The van der Waals surface area contributed by atoms with Crippen molar-refractivity contribution in [2.75, 3.05) is 40.0 Å². The Morgan fingerprint density at radius 3 is 2.74 bits per heavy atom. The van der Waals surface area contributed by atoms with Crippen LogP contribution in [0.4, 0.5) is 0 Å². The van der Waals surface area contributed by atoms with Crippen molar-refractivity contribution in [2.45, 2.75) is 6.42 Å². The molecule has 1 N–H and O–H groups in total. The molecule has 0 radical (unpaired) electrons. The summed E-state index contributed by atoms with van der Waals surface area (Å²) in [6, 6.07) is 1.85. The van der Waals surface area contributed by atoms with Gasteiger partial charge in [0.25, 0.3) is 5.91 Å². The van der Waals surface area contributed by atoms with Crippen molar-refractivity contribution in [3.8, 4) is 6.07 Å². The maximum atomic E-state index is 12.0. The smallest absolute Gasteiger partial charge is 0.307 e. The first-order chi connectivity index (χ1) is 9.19. The summed E-state index contributed by atoms with van der Waals surface area (Å²) in [5, 5.41) is 11.7. The molecular weight excluding hydrogens is 250 g/mol. The van der Waals surface area contributed by atoms with Gasteiger partial charge in [-0.1, -0.05) is 0 Å². The van der Waals surface area contributed by atoms with Gasteiger partial charge in [-0.05, 0) is 0 Å². The number of hydrogen-bond acceptors (Lipinski definition) is 6. The fraction of sp³-hybridized carbons (Fsp3) is 0.583. The molecule has 0 atom stereocenters. The van der Waals surface area contributed by atoms with E-state index < -0.39 is 0 Å². The molecule has 0 unspecified atom stereocenters. The molecule has 0 aliphatic carbocycles. The molecule has 1 amide bonds. The second-order valence-corrected chi connectivity index (χ2v) is 3.85. The average Bonchev–Trinajstić information content (AvgIpc) is 2.47. The molecule has 7 heteroatoms. The molecule has 19 heavy (non-hydrogen) atoms. The Kier molecular flexibility index (Phi) is 6.39. The Morgan fingerprint density at radius 1 is 1.47 bits per heavy atom. The molecular formula is C12H17N3O4. The van der Waals surface area contributed by atoms with E-state index in [2.05, 4.69) is 10.1 Å². The Bertz CT molecular complexity index is 394. The van der Waals surface area contributed by atoms with E-state index in [-0.39, 0.29) is 23.9 Å². The molecule has 7 nitrogen and oxygen atoms in total. The maximum absolute atomic E-state index is 12.0. The fourth-order valence-corrected chi connectivity index (χ4v) is 1.53. The number of nitrogens with one attached hydrogen (secondary N) is 1. The van der Waals surface area contributed by atoms with Crippen LogP contribution in [-0.2, 0) is 19.1 Å². The highest BCUT2D eigenvalue weighted by Crippen LogP contribution is 2.03. The summed E-state index contributed by atoms with van der Waals surface area (Å²) in [7, 11) is 1.31. The number of morpholine rings is 1. The molecule has 1 rings (SSSR count). The van der Waals surface area contributed by atoms with Crippen molar-refractivity contribution in [3.05, 3.63) is 11.8 Å². The van der Waals surface area contributed by atoms with Crippen LogP contribution in [0.15, 0.2) is 11.8 Å². The summed E-state index contributed by atoms with van der Waals surface area (Å²) in [5.41, 5.74) is 0.0202. The maximum Gasteiger partial charge on any atom is 0.307 e. The van der Waals surface area contributed by atoms with E-state index in [4.69, 9.17) is 10.00 Å². The number of nitriles is 1. The van der Waals surface area contributed by atoms with E-state index in [0.29, 0.717) is 32.8 Å². The van der Waals surface area contributed by atoms with Crippen LogP contribution in [-0.4, -0.2) is 56.7 Å². The minimum atomic E-state index is -0.348. The first-order valence-electron chi connectivity index (χ1n) is 5.96. The third kappa shape index (κ3) is 4.97. The van der Waals surface area contributed by atoms with E-state index in [1.54, 1.807) is 4.90 Å². The number of amides is 1. The summed E-state index contributed by atoms with van der Waals surface area (Å²) < 4.78 is 9.61. The summed E-state index contributed by atoms with van der Waals surface area (Å²) in [6.07, 6.45) is 1.51. The normalized spacial score (nSPS) is 15.6. The lowest BCUT2D eigenvalue weighted by molar-refractivity contribution is -0.140. The summed E-state index contributed by atoms with van der Waals surface area (Å²) in [4.78, 5) is 24.4. The van der Waals surface area contributed by atoms with Crippen LogP contribution >= 0.6 is 0 Å². The van der Waals surface area contributed by atoms with Gasteiger partial charge in [-0.3, -0.25) is 9.59 Å². The zero-order valence-corrected chi connectivity index (χ0v) is 10.8. The zero-order valence-electron chi connectivity index (χ0n) is 10.8. The van der Waals surface area contributed by atoms with Crippen LogP contribution in [0.3, 0.4) is 0 Å². The van der Waals surface area contributed by atoms with Crippen molar-refractivity contribution < 1.29 is 19.1 Å². The second-order valence-electron chi connectivity index (χ2n) is 3.85. The Balaban J connectivity index is 2.45. The van der Waals surface area contributed by atoms with Gasteiger partial charge >= 0.3 is 5.97 Å². The van der Waals surface area contributed by atoms with Gasteiger partial charge in [0.1, 0.15) is 11.6 Å². The van der Waals surface area contributed by atoms with E-state index in [1.807, 2.05) is 6.07 Å². The lowest BCUT2D eigenvalue weighted by Crippen LogP contribution is -2.41. The monoisotopic (exact) mass is 267 g/mol. The van der Waals surface area contributed by atoms with Gasteiger partial charge in [-0.2, -0.15) is 5.26 Å². The Hall–Kier alpha value is -2.07. The molecule has 0 spiro atoms. The molecule has 104 valence electrons. The number of rotatable bonds is 5. The molecule has 1 heterocycles. The Labute approximate surface area is 111 Å². The first kappa shape index (κ1) is 15.0. The number of nitrogens with zero attached hydrogens (tertiary/aromatic N) is 2. The second kappa shape index (κ2) is 8.11. The van der Waals surface area contributed by atoms with Crippen LogP contribution in [0.5, 0.6) is 0 Å². The minimum Gasteiger partial charge on any atom is -0.469 e. The number of carbonyl (C=O) groups is 2. The van der Waals surface area contributed by atoms with E-state index in [1.165, 1.54) is 13.3 Å². The molecule has 0 aromatic rings. The molecule has 0 bridgehead atoms. The van der Waals surface area contributed by atoms with Crippen molar-refractivity contribution >= 4 is 11.9 Å². The van der Waals surface area contributed by atoms with Crippen LogP contribution in [0, 0.1) is 11.3 Å². The standard InChI is InChI=1S/C12H17N3O4/c1-18-11(16)2-3-14-9-10(8-13)12(17)15-4-6-19-7-5-15/h9,14H,2-7H2,1H3/b10-9-. The number of carbonyl (C=O) groups excluding carboxylic acids is 2. The predicted octanol–water partition coefficient (Wildman–Crippen LogP) is -0.595. The van der Waals surface area contributed by atoms with Crippen molar-refractivity contribution in [2.24, 2.45) is 0 Å². The average molecular weight is 267 g/mol. The topological polar surface area (TPSA) is 91.7 Å². The largest absolute Gasteiger partial charge is 0.469 e. The van der Waals surface area contributed by atoms with Gasteiger partial charge in [-0.25, -0.2) is 0 Å². The zero-order chi connectivity index (χ0) is 14.1. The minimum absolute atomic E-state index is 0.0202. The quantitative estimate of drug-likeness (QED) is 0.310. The summed E-state index contributed by atoms with van der Waals surface area (Å²) in [6.45, 7) is 2.26. The van der Waals surface area contributed by atoms with Gasteiger partial charge in [0.15, 0.2) is 0 Å². The number of ether oxygens (including phenoxy) is 2. The molecule has 1 saturated heterocycles. The van der Waals surface area contributed by atoms with Crippen LogP contribution in [0.2, 0.25) is 0 Å². The van der Waals surface area contributed by atoms with Crippen LogP contribution < -0.4 is 5.32 Å². The van der Waals surface area contributed by atoms with Gasteiger partial charge in [0.2, 0.25) is 0 Å². The lowest BCUT2D eigenvalue weighted by Gasteiger charge is -2.26. The summed E-state index contributed by atoms with van der Waals surface area (Å²) in [5.74, 6) is -0.671. The molecule has 0 aromatic heterocycles. The van der Waals surface area contributed by atoms with E-state index in [9.17, 15) is 9.59 Å². The Morgan fingerprint density at radius 2 is 2.16 bits per heavy atom. The fourth-order valence-electron chi connectivity index (χ4n) is 1.53. The number of methoxy groups -OCH3 is 1. The van der Waals surface area contributed by atoms with Crippen LogP contribution in [0.1, 0.15) is 6.42 Å². The van der Waals surface area contributed by atoms with Gasteiger partial charge in [-0.15, -0.1) is 0 Å². The van der Waals surface area contributed by atoms with Crippen LogP contribution in [0.25, 0.3) is 0 Å².